The summed E-state index contributed by atoms with van der Waals surface area (Å²) in [4.78, 5) is 37.7. The van der Waals surface area contributed by atoms with Crippen LogP contribution in [0.4, 0.5) is 4.79 Å². The van der Waals surface area contributed by atoms with Crippen LogP contribution in [0.3, 0.4) is 0 Å². The van der Waals surface area contributed by atoms with Gasteiger partial charge < -0.3 is 33.9 Å². The van der Waals surface area contributed by atoms with E-state index in [2.05, 4.69) is 5.32 Å². The molecule has 184 valence electrons. The van der Waals surface area contributed by atoms with Gasteiger partial charge in [0.15, 0.2) is 11.5 Å². The first-order chi connectivity index (χ1) is 15.7. The van der Waals surface area contributed by atoms with Crippen molar-refractivity contribution >= 4 is 18.0 Å². The molecule has 10 nitrogen and oxygen atoms in total. The highest BCUT2D eigenvalue weighted by Gasteiger charge is 2.30. The van der Waals surface area contributed by atoms with Gasteiger partial charge in [-0.05, 0) is 25.0 Å². The van der Waals surface area contributed by atoms with Crippen LogP contribution < -0.4 is 14.8 Å². The molecule has 3 atom stereocenters. The minimum Gasteiger partial charge on any atom is -0.490 e. The maximum atomic E-state index is 12.6. The maximum Gasteiger partial charge on any atom is 0.413 e. The van der Waals surface area contributed by atoms with Gasteiger partial charge in [0.05, 0.1) is 19.8 Å². The second kappa shape index (κ2) is 12.9. The number of nitrogens with zero attached hydrogens (tertiary/aromatic N) is 1. The van der Waals surface area contributed by atoms with Crippen molar-refractivity contribution in [3.8, 4) is 11.5 Å². The highest BCUT2D eigenvalue weighted by atomic mass is 16.7. The molecule has 0 aliphatic carbocycles. The Morgan fingerprint density at radius 2 is 1.79 bits per heavy atom. The molecule has 1 N–H and O–H groups in total. The number of benzene rings is 1. The Balaban J connectivity index is 1.85. The lowest BCUT2D eigenvalue weighted by atomic mass is 10.0. The summed E-state index contributed by atoms with van der Waals surface area (Å²) in [5.41, 5.74) is 0. The lowest BCUT2D eigenvalue weighted by Gasteiger charge is -2.33. The zero-order chi connectivity index (χ0) is 24.4. The molecule has 0 bridgehead atoms. The number of hydrogen-bond acceptors (Lipinski definition) is 8. The molecule has 2 amide bonds. The molecule has 1 saturated heterocycles. The smallest absolute Gasteiger partial charge is 0.413 e. The third-order valence-electron chi connectivity index (χ3n) is 4.80. The second-order valence-electron chi connectivity index (χ2n) is 7.94. The molecule has 0 aromatic heterocycles. The molecule has 2 unspecified atom stereocenters. The number of nitrogens with one attached hydrogen (secondary N) is 1. The molecule has 0 radical (unpaired) electrons. The van der Waals surface area contributed by atoms with E-state index in [4.69, 9.17) is 23.7 Å². The van der Waals surface area contributed by atoms with Crippen molar-refractivity contribution in [1.82, 2.24) is 10.2 Å². The Hall–Kier alpha value is -3.01. The Kier molecular flexibility index (Phi) is 10.2. The van der Waals surface area contributed by atoms with Crippen molar-refractivity contribution in [3.05, 3.63) is 24.3 Å². The van der Waals surface area contributed by atoms with Gasteiger partial charge in [-0.25, -0.2) is 9.59 Å². The Morgan fingerprint density at radius 1 is 1.12 bits per heavy atom. The van der Waals surface area contributed by atoms with Crippen molar-refractivity contribution in [2.45, 2.75) is 53.1 Å². The van der Waals surface area contributed by atoms with Crippen LogP contribution in [0.1, 0.15) is 34.6 Å². The number of amides is 2. The van der Waals surface area contributed by atoms with Gasteiger partial charge in [0.1, 0.15) is 18.8 Å². The quantitative estimate of drug-likeness (QED) is 0.413. The normalized spacial score (nSPS) is 17.6. The minimum atomic E-state index is -1.12. The van der Waals surface area contributed by atoms with Crippen molar-refractivity contribution in [2.75, 3.05) is 32.9 Å². The van der Waals surface area contributed by atoms with E-state index in [-0.39, 0.29) is 31.1 Å². The van der Waals surface area contributed by atoms with E-state index >= 15 is 0 Å². The van der Waals surface area contributed by atoms with Crippen LogP contribution in [0.25, 0.3) is 0 Å². The van der Waals surface area contributed by atoms with Gasteiger partial charge in [-0.2, -0.15) is 0 Å². The number of carbonyl (C=O) groups excluding carboxylic acids is 3. The number of ether oxygens (including phenoxy) is 5. The summed E-state index contributed by atoms with van der Waals surface area (Å²) in [6.07, 6.45) is -2.10. The molecule has 33 heavy (non-hydrogen) atoms. The standard InChI is InChI=1S/C23H34N2O8/c1-6-29-19-9-7-8-10-20(19)31-14-18-13-25(11-12-30-18)23(28)33-17(5)32-22(27)21(15(2)3)24-16(4)26/h7-10,15,17-18,21H,6,11-14H2,1-5H3,(H,24,26)/t17?,18?,21-/m0/s1. The van der Waals surface area contributed by atoms with Gasteiger partial charge in [0, 0.05) is 20.4 Å². The lowest BCUT2D eigenvalue weighted by molar-refractivity contribution is -0.171. The van der Waals surface area contributed by atoms with Gasteiger partial charge in [-0.15, -0.1) is 0 Å². The maximum absolute atomic E-state index is 12.6. The average molecular weight is 467 g/mol. The van der Waals surface area contributed by atoms with Crippen molar-refractivity contribution in [1.29, 1.82) is 0 Å². The third-order valence-corrected chi connectivity index (χ3v) is 4.80. The summed E-state index contributed by atoms with van der Waals surface area (Å²) in [7, 11) is 0. The Bertz CT molecular complexity index is 800. The number of morpholine rings is 1. The summed E-state index contributed by atoms with van der Waals surface area (Å²) < 4.78 is 27.6. The van der Waals surface area contributed by atoms with Crippen molar-refractivity contribution < 1.29 is 38.1 Å². The van der Waals surface area contributed by atoms with Gasteiger partial charge in [0.2, 0.25) is 12.2 Å². The zero-order valence-electron chi connectivity index (χ0n) is 19.9. The fourth-order valence-corrected chi connectivity index (χ4v) is 3.21. The van der Waals surface area contributed by atoms with Gasteiger partial charge in [0.25, 0.3) is 0 Å². The third kappa shape index (κ3) is 8.45. The first-order valence-corrected chi connectivity index (χ1v) is 11.1. The summed E-state index contributed by atoms with van der Waals surface area (Å²) in [5.74, 6) is 0.0448. The molecule has 1 aromatic carbocycles. The largest absolute Gasteiger partial charge is 0.490 e. The van der Waals surface area contributed by atoms with Crippen LogP contribution in [0.5, 0.6) is 11.5 Å². The van der Waals surface area contributed by atoms with Gasteiger partial charge >= 0.3 is 12.1 Å². The monoisotopic (exact) mass is 466 g/mol. The van der Waals surface area contributed by atoms with Gasteiger partial charge in [-0.1, -0.05) is 26.0 Å². The van der Waals surface area contributed by atoms with E-state index in [0.717, 1.165) is 0 Å². The number of carbonyl (C=O) groups is 3. The van der Waals surface area contributed by atoms with Crippen LogP contribution in [0.2, 0.25) is 0 Å². The predicted molar refractivity (Wildman–Crippen MR) is 119 cm³/mol. The number of para-hydroxylation sites is 2. The van der Waals surface area contributed by atoms with E-state index in [1.54, 1.807) is 19.9 Å². The number of rotatable bonds is 10. The number of esters is 1. The van der Waals surface area contributed by atoms with E-state index in [1.165, 1.54) is 18.7 Å². The zero-order valence-corrected chi connectivity index (χ0v) is 19.9. The molecular formula is C23H34N2O8. The predicted octanol–water partition coefficient (Wildman–Crippen LogP) is 2.35. The SMILES string of the molecule is CCOc1ccccc1OCC1CN(C(=O)OC(C)OC(=O)[C@@H](NC(C)=O)C(C)C)CCO1. The molecule has 1 fully saturated rings. The molecule has 0 spiro atoms. The number of hydrogen-bond donors (Lipinski definition) is 1. The molecular weight excluding hydrogens is 432 g/mol. The topological polar surface area (TPSA) is 113 Å². The molecule has 10 heteroatoms. The molecule has 1 aromatic rings. The van der Waals surface area contributed by atoms with E-state index in [1.807, 2.05) is 25.1 Å². The molecule has 1 aliphatic rings. The van der Waals surface area contributed by atoms with Crippen molar-refractivity contribution in [3.63, 3.8) is 0 Å². The van der Waals surface area contributed by atoms with Crippen LogP contribution in [0.15, 0.2) is 24.3 Å². The highest BCUT2D eigenvalue weighted by Crippen LogP contribution is 2.26. The Morgan fingerprint density at radius 3 is 2.39 bits per heavy atom. The summed E-state index contributed by atoms with van der Waals surface area (Å²) in [6, 6.07) is 6.51. The van der Waals surface area contributed by atoms with Crippen molar-refractivity contribution in [2.24, 2.45) is 5.92 Å². The highest BCUT2D eigenvalue weighted by molar-refractivity contribution is 5.83. The van der Waals surface area contributed by atoms with Crippen LogP contribution in [-0.2, 0) is 23.8 Å². The van der Waals surface area contributed by atoms with Crippen LogP contribution >= 0.6 is 0 Å². The fourth-order valence-electron chi connectivity index (χ4n) is 3.21. The molecule has 2 rings (SSSR count). The first kappa shape index (κ1) is 26.2. The summed E-state index contributed by atoms with van der Waals surface area (Å²) >= 11 is 0. The van der Waals surface area contributed by atoms with Crippen LogP contribution in [0, 0.1) is 5.92 Å². The molecule has 1 heterocycles. The molecule has 0 saturated carbocycles. The second-order valence-corrected chi connectivity index (χ2v) is 7.94. The Labute approximate surface area is 194 Å². The fraction of sp³-hybridized carbons (Fsp3) is 0.609. The average Bonchev–Trinajstić information content (AvgIpc) is 2.76. The summed E-state index contributed by atoms with van der Waals surface area (Å²) in [5, 5.41) is 2.54. The lowest BCUT2D eigenvalue weighted by Crippen LogP contribution is -2.49. The van der Waals surface area contributed by atoms with Gasteiger partial charge in [-0.3, -0.25) is 4.79 Å². The minimum absolute atomic E-state index is 0.183. The molecule has 1 aliphatic heterocycles. The van der Waals surface area contributed by atoms with E-state index in [9.17, 15) is 14.4 Å². The van der Waals surface area contributed by atoms with E-state index < -0.39 is 24.4 Å². The summed E-state index contributed by atoms with van der Waals surface area (Å²) in [6.45, 7) is 9.89. The van der Waals surface area contributed by atoms with E-state index in [0.29, 0.717) is 31.3 Å². The first-order valence-electron chi connectivity index (χ1n) is 11.1. The van der Waals surface area contributed by atoms with Crippen LogP contribution in [-0.4, -0.2) is 74.2 Å².